The Hall–Kier alpha value is -1.36. The number of rotatable bonds is 7. The van der Waals surface area contributed by atoms with Gasteiger partial charge >= 0.3 is 5.97 Å². The van der Waals surface area contributed by atoms with Gasteiger partial charge in [-0.3, -0.25) is 14.5 Å². The third-order valence-corrected chi connectivity index (χ3v) is 3.08. The molecule has 0 spiro atoms. The molecular formula is C13H22N2O3. The van der Waals surface area contributed by atoms with Gasteiger partial charge in [-0.1, -0.05) is 13.0 Å². The number of carboxylic acid groups (broad SMARTS) is 1. The fourth-order valence-corrected chi connectivity index (χ4v) is 2.14. The zero-order valence-electron chi connectivity index (χ0n) is 11.2. The molecule has 1 aliphatic rings. The van der Waals surface area contributed by atoms with Gasteiger partial charge < -0.3 is 10.0 Å². The molecule has 0 atom stereocenters. The van der Waals surface area contributed by atoms with Crippen LogP contribution in [0.3, 0.4) is 0 Å². The van der Waals surface area contributed by atoms with E-state index in [1.165, 1.54) is 0 Å². The van der Waals surface area contributed by atoms with Crippen LogP contribution < -0.4 is 0 Å². The lowest BCUT2D eigenvalue weighted by molar-refractivity contribution is -0.139. The van der Waals surface area contributed by atoms with E-state index in [4.69, 9.17) is 5.11 Å². The van der Waals surface area contributed by atoms with Crippen LogP contribution in [0.25, 0.3) is 0 Å². The third kappa shape index (κ3) is 4.49. The highest BCUT2D eigenvalue weighted by atomic mass is 16.4. The lowest BCUT2D eigenvalue weighted by Gasteiger charge is -2.24. The molecule has 0 bridgehead atoms. The quantitative estimate of drug-likeness (QED) is 0.744. The van der Waals surface area contributed by atoms with Crippen molar-refractivity contribution in [2.24, 2.45) is 0 Å². The molecule has 0 aromatic carbocycles. The van der Waals surface area contributed by atoms with Crippen molar-refractivity contribution < 1.29 is 14.7 Å². The van der Waals surface area contributed by atoms with Gasteiger partial charge in [0.1, 0.15) is 0 Å². The molecule has 0 unspecified atom stereocenters. The second-order valence-electron chi connectivity index (χ2n) is 4.64. The summed E-state index contributed by atoms with van der Waals surface area (Å²) in [4.78, 5) is 26.1. The maximum atomic E-state index is 12.0. The molecule has 0 saturated heterocycles. The molecule has 0 radical (unpaired) electrons. The number of carboxylic acids is 1. The second kappa shape index (κ2) is 7.16. The lowest BCUT2D eigenvalue weighted by Crippen LogP contribution is -2.40. The van der Waals surface area contributed by atoms with Gasteiger partial charge in [-0.25, -0.2) is 0 Å². The number of nitrogens with zero attached hydrogens (tertiary/aromatic N) is 2. The standard InChI is InChI=1S/C13H22N2O3/c1-3-8-15(10-13(17)18)9-12(16)14(2)11-6-4-5-7-11/h6H,3-5,7-10H2,1-2H3,(H,17,18). The molecule has 0 heterocycles. The lowest BCUT2D eigenvalue weighted by atomic mass is 10.3. The van der Waals surface area contributed by atoms with Gasteiger partial charge in [-0.05, 0) is 32.2 Å². The molecule has 0 fully saturated rings. The normalized spacial score (nSPS) is 14.7. The summed E-state index contributed by atoms with van der Waals surface area (Å²) in [5.74, 6) is -0.920. The van der Waals surface area contributed by atoms with Crippen LogP contribution in [0.5, 0.6) is 0 Å². The molecule has 0 saturated carbocycles. The summed E-state index contributed by atoms with van der Waals surface area (Å²) in [6.45, 7) is 2.70. The molecule has 5 nitrogen and oxygen atoms in total. The molecular weight excluding hydrogens is 232 g/mol. The highest BCUT2D eigenvalue weighted by Gasteiger charge is 2.19. The highest BCUT2D eigenvalue weighted by molar-refractivity contribution is 5.80. The fraction of sp³-hybridized carbons (Fsp3) is 0.692. The van der Waals surface area contributed by atoms with Crippen LogP contribution in [-0.2, 0) is 9.59 Å². The number of hydrogen-bond donors (Lipinski definition) is 1. The van der Waals surface area contributed by atoms with Crippen molar-refractivity contribution >= 4 is 11.9 Å². The number of amides is 1. The predicted octanol–water partition coefficient (Wildman–Crippen LogP) is 1.31. The minimum Gasteiger partial charge on any atom is -0.480 e. The Morgan fingerprint density at radius 1 is 1.39 bits per heavy atom. The van der Waals surface area contributed by atoms with E-state index in [1.54, 1.807) is 16.8 Å². The van der Waals surface area contributed by atoms with E-state index in [2.05, 4.69) is 6.08 Å². The molecule has 5 heteroatoms. The molecule has 0 aromatic rings. The monoisotopic (exact) mass is 254 g/mol. The third-order valence-electron chi connectivity index (χ3n) is 3.08. The van der Waals surface area contributed by atoms with E-state index in [9.17, 15) is 9.59 Å². The summed E-state index contributed by atoms with van der Waals surface area (Å²) < 4.78 is 0. The van der Waals surface area contributed by atoms with Crippen molar-refractivity contribution in [1.29, 1.82) is 0 Å². The van der Waals surface area contributed by atoms with Crippen molar-refractivity contribution in [3.63, 3.8) is 0 Å². The maximum absolute atomic E-state index is 12.0. The highest BCUT2D eigenvalue weighted by Crippen LogP contribution is 2.20. The molecule has 0 aliphatic heterocycles. The molecule has 1 aliphatic carbocycles. The van der Waals surface area contributed by atoms with E-state index in [0.717, 1.165) is 31.4 Å². The van der Waals surface area contributed by atoms with Crippen molar-refractivity contribution in [2.75, 3.05) is 26.7 Å². The first-order chi connectivity index (χ1) is 8.54. The zero-order chi connectivity index (χ0) is 13.5. The Bertz CT molecular complexity index is 339. The Labute approximate surface area is 108 Å². The van der Waals surface area contributed by atoms with Gasteiger partial charge in [0.15, 0.2) is 0 Å². The smallest absolute Gasteiger partial charge is 0.317 e. The number of likely N-dealkylation sites (N-methyl/N-ethyl adjacent to an activating group) is 1. The minimum absolute atomic E-state index is 0.0298. The molecule has 0 aromatic heterocycles. The number of hydrogen-bond acceptors (Lipinski definition) is 3. The summed E-state index contributed by atoms with van der Waals surface area (Å²) in [5, 5.41) is 8.80. The molecule has 1 amide bonds. The summed E-state index contributed by atoms with van der Waals surface area (Å²) >= 11 is 0. The average molecular weight is 254 g/mol. The Morgan fingerprint density at radius 3 is 2.61 bits per heavy atom. The van der Waals surface area contributed by atoms with E-state index in [0.29, 0.717) is 6.54 Å². The van der Waals surface area contributed by atoms with Crippen LogP contribution in [-0.4, -0.2) is 53.5 Å². The first kappa shape index (κ1) is 14.7. The summed E-state index contributed by atoms with van der Waals surface area (Å²) in [7, 11) is 1.77. The number of allylic oxidation sites excluding steroid dienone is 2. The Kier molecular flexibility index (Phi) is 5.85. The van der Waals surface area contributed by atoms with Crippen molar-refractivity contribution in [2.45, 2.75) is 32.6 Å². The van der Waals surface area contributed by atoms with Crippen LogP contribution in [0.2, 0.25) is 0 Å². The summed E-state index contributed by atoms with van der Waals surface area (Å²) in [6.07, 6.45) is 5.99. The van der Waals surface area contributed by atoms with Crippen LogP contribution in [0.1, 0.15) is 32.6 Å². The molecule has 1 rings (SSSR count). The molecule has 18 heavy (non-hydrogen) atoms. The van der Waals surface area contributed by atoms with Crippen LogP contribution in [0.15, 0.2) is 11.8 Å². The maximum Gasteiger partial charge on any atom is 0.317 e. The van der Waals surface area contributed by atoms with Crippen molar-refractivity contribution in [3.8, 4) is 0 Å². The average Bonchev–Trinajstić information content (AvgIpc) is 2.80. The second-order valence-corrected chi connectivity index (χ2v) is 4.64. The Balaban J connectivity index is 2.51. The number of aliphatic carboxylic acids is 1. The first-order valence-corrected chi connectivity index (χ1v) is 6.44. The van der Waals surface area contributed by atoms with E-state index in [-0.39, 0.29) is 19.0 Å². The van der Waals surface area contributed by atoms with E-state index >= 15 is 0 Å². The van der Waals surface area contributed by atoms with Crippen molar-refractivity contribution in [3.05, 3.63) is 11.8 Å². The van der Waals surface area contributed by atoms with Gasteiger partial charge in [-0.2, -0.15) is 0 Å². The minimum atomic E-state index is -0.890. The van der Waals surface area contributed by atoms with Crippen LogP contribution in [0, 0.1) is 0 Å². The fourth-order valence-electron chi connectivity index (χ4n) is 2.14. The van der Waals surface area contributed by atoms with E-state index < -0.39 is 5.97 Å². The van der Waals surface area contributed by atoms with Gasteiger partial charge in [-0.15, -0.1) is 0 Å². The number of carbonyl (C=O) groups excluding carboxylic acids is 1. The molecule has 1 N–H and O–H groups in total. The van der Waals surface area contributed by atoms with Gasteiger partial charge in [0.2, 0.25) is 5.91 Å². The van der Waals surface area contributed by atoms with Gasteiger partial charge in [0.25, 0.3) is 0 Å². The van der Waals surface area contributed by atoms with Crippen LogP contribution in [0.4, 0.5) is 0 Å². The van der Waals surface area contributed by atoms with Gasteiger partial charge in [0, 0.05) is 12.7 Å². The topological polar surface area (TPSA) is 60.9 Å². The Morgan fingerprint density at radius 2 is 2.11 bits per heavy atom. The SMILES string of the molecule is CCCN(CC(=O)O)CC(=O)N(C)C1=CCCC1. The largest absolute Gasteiger partial charge is 0.480 e. The van der Waals surface area contributed by atoms with Crippen molar-refractivity contribution in [1.82, 2.24) is 9.80 Å². The predicted molar refractivity (Wildman–Crippen MR) is 69.1 cm³/mol. The number of carbonyl (C=O) groups is 2. The first-order valence-electron chi connectivity index (χ1n) is 6.44. The van der Waals surface area contributed by atoms with Crippen LogP contribution >= 0.6 is 0 Å². The van der Waals surface area contributed by atoms with Gasteiger partial charge in [0.05, 0.1) is 13.1 Å². The molecule has 102 valence electrons. The summed E-state index contributed by atoms with van der Waals surface area (Å²) in [6, 6.07) is 0. The zero-order valence-corrected chi connectivity index (χ0v) is 11.2. The van der Waals surface area contributed by atoms with E-state index in [1.807, 2.05) is 6.92 Å². The summed E-state index contributed by atoms with van der Waals surface area (Å²) in [5.41, 5.74) is 1.06.